The molecule has 0 radical (unpaired) electrons. The molecule has 2 amide bonds. The van der Waals surface area contributed by atoms with Gasteiger partial charge in [-0.25, -0.2) is 4.79 Å². The van der Waals surface area contributed by atoms with E-state index in [1.54, 1.807) is 0 Å². The molecule has 2 N–H and O–H groups in total. The summed E-state index contributed by atoms with van der Waals surface area (Å²) in [5, 5.41) is 11.3. The molecular weight excluding hydrogens is 277 g/mol. The van der Waals surface area contributed by atoms with E-state index in [9.17, 15) is 22.8 Å². The molecule has 2 atom stereocenters. The lowest BCUT2D eigenvalue weighted by atomic mass is 10.1. The van der Waals surface area contributed by atoms with E-state index in [4.69, 9.17) is 5.11 Å². The molecule has 1 fully saturated rings. The van der Waals surface area contributed by atoms with Crippen LogP contribution in [0.2, 0.25) is 0 Å². The summed E-state index contributed by atoms with van der Waals surface area (Å²) < 4.78 is 37.2. The van der Waals surface area contributed by atoms with Gasteiger partial charge in [0.1, 0.15) is 6.54 Å². The molecule has 0 saturated heterocycles. The third kappa shape index (κ3) is 4.90. The van der Waals surface area contributed by atoms with Gasteiger partial charge in [-0.2, -0.15) is 13.2 Å². The molecule has 1 rings (SSSR count). The highest BCUT2D eigenvalue weighted by molar-refractivity contribution is 5.75. The quantitative estimate of drug-likeness (QED) is 0.835. The van der Waals surface area contributed by atoms with Crippen LogP contribution in [0.4, 0.5) is 18.0 Å². The van der Waals surface area contributed by atoms with Gasteiger partial charge in [-0.05, 0) is 33.1 Å². The molecule has 1 aliphatic rings. The molecule has 0 aliphatic heterocycles. The summed E-state index contributed by atoms with van der Waals surface area (Å²) in [5.41, 5.74) is 0. The molecule has 0 bridgehead atoms. The van der Waals surface area contributed by atoms with Crippen LogP contribution in [0.15, 0.2) is 0 Å². The molecule has 20 heavy (non-hydrogen) atoms. The Bertz CT molecular complexity index is 371. The van der Waals surface area contributed by atoms with Crippen LogP contribution in [0, 0.1) is 5.92 Å². The van der Waals surface area contributed by atoms with Crippen molar-refractivity contribution in [2.75, 3.05) is 6.54 Å². The van der Waals surface area contributed by atoms with Crippen molar-refractivity contribution >= 4 is 12.0 Å². The smallest absolute Gasteiger partial charge is 0.406 e. The van der Waals surface area contributed by atoms with Crippen molar-refractivity contribution in [2.24, 2.45) is 5.92 Å². The normalized spacial score (nSPS) is 22.9. The number of hydrogen-bond acceptors (Lipinski definition) is 2. The molecular formula is C12H19F3N2O3. The molecule has 1 saturated carbocycles. The lowest BCUT2D eigenvalue weighted by Crippen LogP contribution is -2.50. The monoisotopic (exact) mass is 296 g/mol. The Morgan fingerprint density at radius 3 is 2.35 bits per heavy atom. The minimum absolute atomic E-state index is 0.263. The molecule has 0 aromatic carbocycles. The number of amides is 2. The number of urea groups is 1. The van der Waals surface area contributed by atoms with Crippen molar-refractivity contribution in [3.05, 3.63) is 0 Å². The number of carbonyl (C=O) groups is 2. The van der Waals surface area contributed by atoms with Crippen molar-refractivity contribution in [3.63, 3.8) is 0 Å². The number of carboxylic acids is 1. The second-order valence-corrected chi connectivity index (χ2v) is 5.33. The number of hydrogen-bond donors (Lipinski definition) is 2. The molecule has 116 valence electrons. The van der Waals surface area contributed by atoms with Crippen LogP contribution in [0.5, 0.6) is 0 Å². The Morgan fingerprint density at radius 2 is 1.95 bits per heavy atom. The zero-order valence-corrected chi connectivity index (χ0v) is 11.4. The maximum Gasteiger partial charge on any atom is 0.406 e. The average molecular weight is 296 g/mol. The number of nitrogens with zero attached hydrogens (tertiary/aromatic N) is 1. The number of aliphatic carboxylic acids is 1. The Morgan fingerprint density at radius 1 is 1.35 bits per heavy atom. The third-order valence-electron chi connectivity index (χ3n) is 3.34. The second kappa shape index (κ2) is 6.32. The first kappa shape index (κ1) is 16.6. The highest BCUT2D eigenvalue weighted by Gasteiger charge is 2.36. The molecule has 1 aliphatic carbocycles. The van der Waals surface area contributed by atoms with Crippen LogP contribution >= 0.6 is 0 Å². The van der Waals surface area contributed by atoms with Gasteiger partial charge < -0.3 is 15.3 Å². The minimum Gasteiger partial charge on any atom is -0.481 e. The number of carboxylic acid groups (broad SMARTS) is 1. The van der Waals surface area contributed by atoms with Crippen LogP contribution in [0.25, 0.3) is 0 Å². The van der Waals surface area contributed by atoms with Crippen molar-refractivity contribution in [1.82, 2.24) is 10.2 Å². The van der Waals surface area contributed by atoms with Crippen LogP contribution < -0.4 is 5.32 Å². The number of halogens is 3. The first-order valence-corrected chi connectivity index (χ1v) is 6.47. The summed E-state index contributed by atoms with van der Waals surface area (Å²) in [5.74, 6) is -1.46. The molecule has 5 nitrogen and oxygen atoms in total. The predicted octanol–water partition coefficient (Wildman–Crippen LogP) is 2.22. The van der Waals surface area contributed by atoms with E-state index in [1.807, 2.05) is 0 Å². The summed E-state index contributed by atoms with van der Waals surface area (Å²) in [6.45, 7) is 1.69. The number of nitrogens with one attached hydrogen (secondary N) is 1. The summed E-state index contributed by atoms with van der Waals surface area (Å²) in [6, 6.07) is -1.76. The van der Waals surface area contributed by atoms with Gasteiger partial charge in [0.25, 0.3) is 0 Å². The van der Waals surface area contributed by atoms with E-state index in [-0.39, 0.29) is 12.5 Å². The van der Waals surface area contributed by atoms with Gasteiger partial charge >= 0.3 is 18.2 Å². The lowest BCUT2D eigenvalue weighted by molar-refractivity contribution is -0.143. The fraction of sp³-hybridized carbons (Fsp3) is 0.833. The molecule has 8 heteroatoms. The van der Waals surface area contributed by atoms with Gasteiger partial charge in [-0.1, -0.05) is 0 Å². The Labute approximate surface area is 115 Å². The number of alkyl halides is 3. The first-order chi connectivity index (χ1) is 9.10. The van der Waals surface area contributed by atoms with Crippen molar-refractivity contribution in [3.8, 4) is 0 Å². The largest absolute Gasteiger partial charge is 0.481 e. The number of rotatable bonds is 4. The zero-order valence-electron chi connectivity index (χ0n) is 11.4. The van der Waals surface area contributed by atoms with Crippen molar-refractivity contribution < 1.29 is 27.9 Å². The first-order valence-electron chi connectivity index (χ1n) is 6.47. The molecule has 0 spiro atoms. The van der Waals surface area contributed by atoms with Gasteiger partial charge in [-0.15, -0.1) is 0 Å². The predicted molar refractivity (Wildman–Crippen MR) is 65.2 cm³/mol. The van der Waals surface area contributed by atoms with Gasteiger partial charge in [0, 0.05) is 12.1 Å². The SMILES string of the molecule is CC(C)N(CC(F)(F)F)C(=O)NC1CCC(C(=O)O)C1. The topological polar surface area (TPSA) is 69.6 Å². The third-order valence-corrected chi connectivity index (χ3v) is 3.34. The minimum atomic E-state index is -4.46. The molecule has 0 heterocycles. The highest BCUT2D eigenvalue weighted by Crippen LogP contribution is 2.26. The molecule has 0 aromatic rings. The van der Waals surface area contributed by atoms with E-state index >= 15 is 0 Å². The highest BCUT2D eigenvalue weighted by atomic mass is 19.4. The Balaban J connectivity index is 2.57. The van der Waals surface area contributed by atoms with E-state index < -0.39 is 36.7 Å². The zero-order chi connectivity index (χ0) is 15.5. The Hall–Kier alpha value is -1.47. The van der Waals surface area contributed by atoms with Crippen LogP contribution in [0.3, 0.4) is 0 Å². The number of carbonyl (C=O) groups excluding carboxylic acids is 1. The van der Waals surface area contributed by atoms with Crippen molar-refractivity contribution in [2.45, 2.75) is 51.4 Å². The summed E-state index contributed by atoms with van der Waals surface area (Å²) in [6.07, 6.45) is -3.29. The van der Waals surface area contributed by atoms with E-state index in [0.29, 0.717) is 17.7 Å². The summed E-state index contributed by atoms with van der Waals surface area (Å²) in [4.78, 5) is 23.4. The average Bonchev–Trinajstić information content (AvgIpc) is 2.72. The lowest BCUT2D eigenvalue weighted by Gasteiger charge is -2.29. The van der Waals surface area contributed by atoms with Gasteiger partial charge in [0.2, 0.25) is 0 Å². The van der Waals surface area contributed by atoms with Crippen molar-refractivity contribution in [1.29, 1.82) is 0 Å². The van der Waals surface area contributed by atoms with Crippen LogP contribution in [-0.2, 0) is 4.79 Å². The van der Waals surface area contributed by atoms with Crippen LogP contribution in [0.1, 0.15) is 33.1 Å². The van der Waals surface area contributed by atoms with Gasteiger partial charge in [-0.3, -0.25) is 4.79 Å². The molecule has 2 unspecified atom stereocenters. The molecule has 0 aromatic heterocycles. The Kier molecular flexibility index (Phi) is 5.24. The fourth-order valence-corrected chi connectivity index (χ4v) is 2.28. The maximum atomic E-state index is 12.4. The summed E-state index contributed by atoms with van der Waals surface area (Å²) >= 11 is 0. The summed E-state index contributed by atoms with van der Waals surface area (Å²) in [7, 11) is 0. The van der Waals surface area contributed by atoms with E-state index in [0.717, 1.165) is 0 Å². The second-order valence-electron chi connectivity index (χ2n) is 5.33. The van der Waals surface area contributed by atoms with Gasteiger partial charge in [0.05, 0.1) is 5.92 Å². The van der Waals surface area contributed by atoms with E-state index in [1.165, 1.54) is 13.8 Å². The van der Waals surface area contributed by atoms with Gasteiger partial charge in [0.15, 0.2) is 0 Å². The maximum absolute atomic E-state index is 12.4. The van der Waals surface area contributed by atoms with Crippen LogP contribution in [-0.4, -0.2) is 46.8 Å². The standard InChI is InChI=1S/C12H19F3N2O3/c1-7(2)17(6-12(13,14)15)11(20)16-9-4-3-8(5-9)10(18)19/h7-9H,3-6H2,1-2H3,(H,16,20)(H,18,19). The fourth-order valence-electron chi connectivity index (χ4n) is 2.28. The van der Waals surface area contributed by atoms with E-state index in [2.05, 4.69) is 5.32 Å².